The summed E-state index contributed by atoms with van der Waals surface area (Å²) in [6, 6.07) is 5.49. The Bertz CT molecular complexity index is 554. The van der Waals surface area contributed by atoms with E-state index in [0.717, 1.165) is 15.0 Å². The highest BCUT2D eigenvalue weighted by Gasteiger charge is 2.13. The van der Waals surface area contributed by atoms with Crippen LogP contribution in [0.1, 0.15) is 33.9 Å². The van der Waals surface area contributed by atoms with E-state index in [0.29, 0.717) is 5.56 Å². The zero-order valence-electron chi connectivity index (χ0n) is 10.1. The van der Waals surface area contributed by atoms with Crippen LogP contribution >= 0.6 is 27.3 Å². The Morgan fingerprint density at radius 2 is 2.28 bits per heavy atom. The van der Waals surface area contributed by atoms with Gasteiger partial charge in [-0.3, -0.25) is 4.79 Å². The maximum atomic E-state index is 12.1. The number of nitrogens with zero attached hydrogens (tertiary/aromatic N) is 1. The van der Waals surface area contributed by atoms with E-state index in [1.165, 1.54) is 0 Å². The summed E-state index contributed by atoms with van der Waals surface area (Å²) in [7, 11) is 0. The van der Waals surface area contributed by atoms with Gasteiger partial charge in [0, 0.05) is 21.6 Å². The van der Waals surface area contributed by atoms with Gasteiger partial charge >= 0.3 is 0 Å². The predicted octanol–water partition coefficient (Wildman–Crippen LogP) is 3.71. The number of hydrogen-bond acceptors (Lipinski definition) is 3. The predicted molar refractivity (Wildman–Crippen MR) is 76.9 cm³/mol. The molecular formula is C13H13BrN2OS. The van der Waals surface area contributed by atoms with Gasteiger partial charge < -0.3 is 5.32 Å². The first-order valence-corrected chi connectivity index (χ1v) is 7.21. The molecule has 2 aromatic rings. The SMILES string of the molecule is Cc1cc(C(=O)NC(C)c2nccs2)ccc1Br. The van der Waals surface area contributed by atoms with Crippen molar-refractivity contribution in [2.45, 2.75) is 19.9 Å². The molecule has 2 rings (SSSR count). The molecule has 1 heterocycles. The summed E-state index contributed by atoms with van der Waals surface area (Å²) in [5.74, 6) is -0.0756. The van der Waals surface area contributed by atoms with Crippen molar-refractivity contribution in [3.05, 3.63) is 50.4 Å². The first-order valence-electron chi connectivity index (χ1n) is 5.54. The zero-order valence-corrected chi connectivity index (χ0v) is 12.5. The number of carbonyl (C=O) groups is 1. The van der Waals surface area contributed by atoms with Gasteiger partial charge in [0.2, 0.25) is 0 Å². The van der Waals surface area contributed by atoms with E-state index in [9.17, 15) is 4.79 Å². The fraction of sp³-hybridized carbons (Fsp3) is 0.231. The normalized spacial score (nSPS) is 12.2. The van der Waals surface area contributed by atoms with Gasteiger partial charge in [-0.05, 0) is 37.6 Å². The fourth-order valence-corrected chi connectivity index (χ4v) is 2.47. The van der Waals surface area contributed by atoms with Gasteiger partial charge in [-0.25, -0.2) is 4.98 Å². The third-order valence-electron chi connectivity index (χ3n) is 2.59. The van der Waals surface area contributed by atoms with Crippen LogP contribution < -0.4 is 5.32 Å². The smallest absolute Gasteiger partial charge is 0.251 e. The summed E-state index contributed by atoms with van der Waals surface area (Å²) in [5, 5.41) is 5.76. The van der Waals surface area contributed by atoms with Crippen molar-refractivity contribution < 1.29 is 4.79 Å². The summed E-state index contributed by atoms with van der Waals surface area (Å²) in [4.78, 5) is 16.3. The average molecular weight is 325 g/mol. The molecule has 1 atom stereocenters. The maximum Gasteiger partial charge on any atom is 0.251 e. The molecule has 0 aliphatic carbocycles. The Morgan fingerprint density at radius 3 is 2.89 bits per heavy atom. The Morgan fingerprint density at radius 1 is 1.50 bits per heavy atom. The van der Waals surface area contributed by atoms with E-state index in [-0.39, 0.29) is 11.9 Å². The number of benzene rings is 1. The Balaban J connectivity index is 2.10. The molecule has 94 valence electrons. The molecule has 3 nitrogen and oxygen atoms in total. The summed E-state index contributed by atoms with van der Waals surface area (Å²) in [5.41, 5.74) is 1.71. The Kier molecular flexibility index (Phi) is 4.14. The number of nitrogens with one attached hydrogen (secondary N) is 1. The first-order chi connectivity index (χ1) is 8.58. The van der Waals surface area contributed by atoms with Gasteiger partial charge in [0.25, 0.3) is 5.91 Å². The molecule has 0 aliphatic heterocycles. The van der Waals surface area contributed by atoms with Crippen LogP contribution in [0, 0.1) is 6.92 Å². The summed E-state index contributed by atoms with van der Waals surface area (Å²) >= 11 is 4.96. The monoisotopic (exact) mass is 324 g/mol. The zero-order chi connectivity index (χ0) is 13.1. The quantitative estimate of drug-likeness (QED) is 0.935. The van der Waals surface area contributed by atoms with Crippen molar-refractivity contribution in [3.8, 4) is 0 Å². The van der Waals surface area contributed by atoms with Gasteiger partial charge in [0.15, 0.2) is 0 Å². The molecular weight excluding hydrogens is 312 g/mol. The second-order valence-corrected chi connectivity index (χ2v) is 5.81. The van der Waals surface area contributed by atoms with Crippen molar-refractivity contribution in [2.75, 3.05) is 0 Å². The minimum Gasteiger partial charge on any atom is -0.343 e. The lowest BCUT2D eigenvalue weighted by Gasteiger charge is -2.11. The van der Waals surface area contributed by atoms with E-state index >= 15 is 0 Å². The Hall–Kier alpha value is -1.20. The lowest BCUT2D eigenvalue weighted by molar-refractivity contribution is 0.0939. The van der Waals surface area contributed by atoms with Gasteiger partial charge in [-0.2, -0.15) is 0 Å². The number of thiazole rings is 1. The fourth-order valence-electron chi connectivity index (χ4n) is 1.58. The number of hydrogen-bond donors (Lipinski definition) is 1. The number of aryl methyl sites for hydroxylation is 1. The number of aromatic nitrogens is 1. The molecule has 1 unspecified atom stereocenters. The number of halogens is 1. The van der Waals surface area contributed by atoms with Gasteiger partial charge in [-0.1, -0.05) is 15.9 Å². The summed E-state index contributed by atoms with van der Waals surface area (Å²) in [6.45, 7) is 3.90. The van der Waals surface area contributed by atoms with Crippen LogP contribution in [0.5, 0.6) is 0 Å². The molecule has 0 radical (unpaired) electrons. The lowest BCUT2D eigenvalue weighted by atomic mass is 10.1. The topological polar surface area (TPSA) is 42.0 Å². The lowest BCUT2D eigenvalue weighted by Crippen LogP contribution is -2.26. The standard InChI is InChI=1S/C13H13BrN2OS/c1-8-7-10(3-4-11(8)14)12(17)16-9(2)13-15-5-6-18-13/h3-7,9H,1-2H3,(H,16,17). The molecule has 1 aromatic heterocycles. The largest absolute Gasteiger partial charge is 0.343 e. The molecule has 0 bridgehead atoms. The number of carbonyl (C=O) groups excluding carboxylic acids is 1. The van der Waals surface area contributed by atoms with Crippen molar-refractivity contribution in [1.82, 2.24) is 10.3 Å². The molecule has 0 saturated carbocycles. The first kappa shape index (κ1) is 13.2. The molecule has 1 amide bonds. The van der Waals surface area contributed by atoms with Crippen LogP contribution in [-0.2, 0) is 0 Å². The number of rotatable bonds is 3. The van der Waals surface area contributed by atoms with E-state index in [4.69, 9.17) is 0 Å². The Labute approximate surface area is 118 Å². The third-order valence-corrected chi connectivity index (χ3v) is 4.44. The summed E-state index contributed by atoms with van der Waals surface area (Å²) < 4.78 is 1.01. The van der Waals surface area contributed by atoms with Crippen LogP contribution in [0.3, 0.4) is 0 Å². The third kappa shape index (κ3) is 2.97. The molecule has 0 fully saturated rings. The highest BCUT2D eigenvalue weighted by Crippen LogP contribution is 2.19. The van der Waals surface area contributed by atoms with E-state index < -0.39 is 0 Å². The van der Waals surface area contributed by atoms with Gasteiger partial charge in [0.05, 0.1) is 6.04 Å². The molecule has 18 heavy (non-hydrogen) atoms. The molecule has 0 aliphatic rings. The molecule has 1 aromatic carbocycles. The van der Waals surface area contributed by atoms with Crippen molar-refractivity contribution in [3.63, 3.8) is 0 Å². The van der Waals surface area contributed by atoms with Crippen LogP contribution in [0.25, 0.3) is 0 Å². The molecule has 0 spiro atoms. The minimum absolute atomic E-state index is 0.0681. The van der Waals surface area contributed by atoms with Crippen molar-refractivity contribution >= 4 is 33.2 Å². The van der Waals surface area contributed by atoms with Crippen LogP contribution in [-0.4, -0.2) is 10.9 Å². The van der Waals surface area contributed by atoms with Crippen LogP contribution in [0.2, 0.25) is 0 Å². The van der Waals surface area contributed by atoms with E-state index in [1.807, 2.05) is 31.4 Å². The highest BCUT2D eigenvalue weighted by molar-refractivity contribution is 9.10. The van der Waals surface area contributed by atoms with Gasteiger partial charge in [-0.15, -0.1) is 11.3 Å². The van der Waals surface area contributed by atoms with Gasteiger partial charge in [0.1, 0.15) is 5.01 Å². The minimum atomic E-state index is -0.0756. The van der Waals surface area contributed by atoms with Crippen molar-refractivity contribution in [1.29, 1.82) is 0 Å². The average Bonchev–Trinajstić information content (AvgIpc) is 2.86. The highest BCUT2D eigenvalue weighted by atomic mass is 79.9. The molecule has 0 saturated heterocycles. The maximum absolute atomic E-state index is 12.1. The second kappa shape index (κ2) is 5.63. The van der Waals surface area contributed by atoms with E-state index in [2.05, 4.69) is 26.2 Å². The van der Waals surface area contributed by atoms with Crippen LogP contribution in [0.4, 0.5) is 0 Å². The second-order valence-electron chi connectivity index (χ2n) is 4.03. The summed E-state index contributed by atoms with van der Waals surface area (Å²) in [6.07, 6.45) is 1.74. The molecule has 5 heteroatoms. The van der Waals surface area contributed by atoms with E-state index in [1.54, 1.807) is 23.6 Å². The van der Waals surface area contributed by atoms with Crippen LogP contribution in [0.15, 0.2) is 34.2 Å². The van der Waals surface area contributed by atoms with Crippen molar-refractivity contribution in [2.24, 2.45) is 0 Å². The molecule has 1 N–H and O–H groups in total. The number of amides is 1.